The summed E-state index contributed by atoms with van der Waals surface area (Å²) in [7, 11) is 0. The van der Waals surface area contributed by atoms with Crippen molar-refractivity contribution >= 4 is 34.1 Å². The van der Waals surface area contributed by atoms with Crippen molar-refractivity contribution in [3.63, 3.8) is 0 Å². The van der Waals surface area contributed by atoms with Crippen LogP contribution in [0.1, 0.15) is 58.4 Å². The number of aromatic amines is 1. The number of benzene rings is 1. The lowest BCUT2D eigenvalue weighted by Crippen LogP contribution is -2.44. The zero-order valence-electron chi connectivity index (χ0n) is 18.9. The van der Waals surface area contributed by atoms with Crippen molar-refractivity contribution < 1.29 is 9.63 Å². The van der Waals surface area contributed by atoms with E-state index in [2.05, 4.69) is 26.5 Å². The van der Waals surface area contributed by atoms with Crippen LogP contribution in [0.5, 0.6) is 0 Å². The van der Waals surface area contributed by atoms with Crippen LogP contribution in [-0.4, -0.2) is 30.6 Å². The maximum absolute atomic E-state index is 12.5. The average Bonchev–Trinajstić information content (AvgIpc) is 3.08. The monoisotopic (exact) mass is 479 g/mol. The molecule has 0 bridgehead atoms. The lowest BCUT2D eigenvalue weighted by molar-refractivity contribution is 0.0741. The van der Waals surface area contributed by atoms with Gasteiger partial charge in [0.1, 0.15) is 22.0 Å². The lowest BCUT2D eigenvalue weighted by atomic mass is 9.89. The SMILES string of the molecule is CC1=CNC(C(O)(c2ncc(C)s2)c2cc(-c3c(C)noc3C)cc3[nH]c(C4CC4)nc23)S1. The molecule has 0 saturated heterocycles. The molecule has 2 unspecified atom stereocenters. The number of imidazole rings is 1. The number of aryl methyl sites for hydroxylation is 3. The minimum atomic E-state index is -1.39. The first-order valence-corrected chi connectivity index (χ1v) is 12.8. The number of hydrogen-bond acceptors (Lipinski definition) is 8. The Morgan fingerprint density at radius 2 is 2.00 bits per heavy atom. The largest absolute Gasteiger partial charge is 0.375 e. The van der Waals surface area contributed by atoms with Crippen molar-refractivity contribution in [3.05, 3.63) is 62.2 Å². The van der Waals surface area contributed by atoms with Crippen molar-refractivity contribution in [2.45, 2.75) is 57.4 Å². The summed E-state index contributed by atoms with van der Waals surface area (Å²) >= 11 is 3.13. The Kier molecular flexibility index (Phi) is 4.73. The van der Waals surface area contributed by atoms with Crippen molar-refractivity contribution in [2.24, 2.45) is 0 Å². The van der Waals surface area contributed by atoms with E-state index in [0.717, 1.165) is 67.6 Å². The minimum absolute atomic E-state index is 0.327. The fraction of sp³-hybridized carbons (Fsp3) is 0.375. The summed E-state index contributed by atoms with van der Waals surface area (Å²) in [6, 6.07) is 4.13. The molecule has 1 aromatic carbocycles. The number of rotatable bonds is 5. The molecule has 3 aromatic heterocycles. The maximum Gasteiger partial charge on any atom is 0.173 e. The van der Waals surface area contributed by atoms with Crippen LogP contribution in [0.15, 0.2) is 34.0 Å². The molecule has 0 spiro atoms. The number of thioether (sulfide) groups is 1. The summed E-state index contributed by atoms with van der Waals surface area (Å²) in [5.74, 6) is 2.20. The zero-order valence-corrected chi connectivity index (χ0v) is 20.5. The fourth-order valence-electron chi connectivity index (χ4n) is 4.57. The molecule has 6 rings (SSSR count). The molecule has 0 amide bonds. The van der Waals surface area contributed by atoms with Gasteiger partial charge in [0.25, 0.3) is 0 Å². The Bertz CT molecular complexity index is 1390. The van der Waals surface area contributed by atoms with Crippen molar-refractivity contribution in [1.82, 2.24) is 25.4 Å². The molecule has 9 heteroatoms. The Labute approximate surface area is 199 Å². The second-order valence-electron chi connectivity index (χ2n) is 8.98. The summed E-state index contributed by atoms with van der Waals surface area (Å²) in [5.41, 5.74) is 3.75. The second kappa shape index (κ2) is 7.44. The minimum Gasteiger partial charge on any atom is -0.375 e. The van der Waals surface area contributed by atoms with Crippen LogP contribution in [-0.2, 0) is 5.60 Å². The van der Waals surface area contributed by atoms with Crippen molar-refractivity contribution in [3.8, 4) is 11.1 Å². The molecule has 2 atom stereocenters. The van der Waals surface area contributed by atoms with Gasteiger partial charge in [-0.1, -0.05) is 5.16 Å². The van der Waals surface area contributed by atoms with Crippen molar-refractivity contribution in [1.29, 1.82) is 0 Å². The first-order valence-electron chi connectivity index (χ1n) is 11.1. The highest BCUT2D eigenvalue weighted by Crippen LogP contribution is 2.48. The smallest absolute Gasteiger partial charge is 0.173 e. The third-order valence-corrected chi connectivity index (χ3v) is 8.61. The number of aromatic nitrogens is 4. The Balaban J connectivity index is 1.64. The van der Waals surface area contributed by atoms with Gasteiger partial charge in [0.2, 0.25) is 0 Å². The van der Waals surface area contributed by atoms with Gasteiger partial charge in [0.15, 0.2) is 5.60 Å². The molecule has 2 aliphatic rings. The number of thiazole rings is 1. The Hall–Kier alpha value is -2.62. The van der Waals surface area contributed by atoms with E-state index >= 15 is 0 Å². The van der Waals surface area contributed by atoms with Crippen LogP contribution in [0, 0.1) is 20.8 Å². The number of nitrogens with one attached hydrogen (secondary N) is 2. The van der Waals surface area contributed by atoms with E-state index in [4.69, 9.17) is 9.51 Å². The van der Waals surface area contributed by atoms with Crippen LogP contribution in [0.2, 0.25) is 0 Å². The van der Waals surface area contributed by atoms with Gasteiger partial charge in [-0.2, -0.15) is 0 Å². The van der Waals surface area contributed by atoms with Crippen LogP contribution >= 0.6 is 23.1 Å². The second-order valence-corrected chi connectivity index (χ2v) is 11.6. The fourth-order valence-corrected chi connectivity index (χ4v) is 6.60. The van der Waals surface area contributed by atoms with Gasteiger partial charge in [-0.3, -0.25) is 0 Å². The van der Waals surface area contributed by atoms with E-state index in [-0.39, 0.29) is 5.37 Å². The highest BCUT2D eigenvalue weighted by molar-refractivity contribution is 8.03. The lowest BCUT2D eigenvalue weighted by Gasteiger charge is -2.33. The summed E-state index contributed by atoms with van der Waals surface area (Å²) in [6.07, 6.45) is 6.06. The topological polar surface area (TPSA) is 99.9 Å². The number of H-pyrrole nitrogens is 1. The predicted octanol–water partition coefficient (Wildman–Crippen LogP) is 5.24. The number of nitrogens with zero attached hydrogens (tertiary/aromatic N) is 3. The first-order chi connectivity index (χ1) is 15.8. The quantitative estimate of drug-likeness (QED) is 0.360. The molecule has 1 saturated carbocycles. The third-order valence-electron chi connectivity index (χ3n) is 6.37. The van der Waals surface area contributed by atoms with E-state index in [9.17, 15) is 5.11 Å². The third kappa shape index (κ3) is 3.33. The van der Waals surface area contributed by atoms with E-state index in [1.54, 1.807) is 11.8 Å². The van der Waals surface area contributed by atoms with E-state index < -0.39 is 5.60 Å². The van der Waals surface area contributed by atoms with Crippen LogP contribution < -0.4 is 5.32 Å². The van der Waals surface area contributed by atoms with Crippen molar-refractivity contribution in [2.75, 3.05) is 0 Å². The number of allylic oxidation sites excluding steroid dienone is 1. The van der Waals surface area contributed by atoms with E-state index in [1.165, 1.54) is 11.3 Å². The summed E-state index contributed by atoms with van der Waals surface area (Å²) in [5, 5.41) is 20.4. The Morgan fingerprint density at radius 3 is 2.61 bits per heavy atom. The van der Waals surface area contributed by atoms with Crippen LogP contribution in [0.25, 0.3) is 22.2 Å². The molecule has 1 fully saturated rings. The van der Waals surface area contributed by atoms with E-state index in [0.29, 0.717) is 10.9 Å². The van der Waals surface area contributed by atoms with Gasteiger partial charge in [0, 0.05) is 34.3 Å². The molecule has 7 nitrogen and oxygen atoms in total. The maximum atomic E-state index is 12.5. The molecular weight excluding hydrogens is 454 g/mol. The summed E-state index contributed by atoms with van der Waals surface area (Å²) in [4.78, 5) is 15.3. The molecule has 1 aliphatic carbocycles. The number of fused-ring (bicyclic) bond motifs is 1. The van der Waals surface area contributed by atoms with Gasteiger partial charge in [0.05, 0.1) is 16.7 Å². The molecular formula is C24H25N5O2S2. The summed E-state index contributed by atoms with van der Waals surface area (Å²) in [6.45, 7) is 7.91. The average molecular weight is 480 g/mol. The van der Waals surface area contributed by atoms with Crippen LogP contribution in [0.4, 0.5) is 0 Å². The van der Waals surface area contributed by atoms with Gasteiger partial charge in [-0.15, -0.1) is 23.1 Å². The van der Waals surface area contributed by atoms with Gasteiger partial charge < -0.3 is 19.9 Å². The predicted molar refractivity (Wildman–Crippen MR) is 131 cm³/mol. The number of hydrogen-bond donors (Lipinski definition) is 3. The van der Waals surface area contributed by atoms with E-state index in [1.807, 2.05) is 46.2 Å². The highest BCUT2D eigenvalue weighted by Gasteiger charge is 2.47. The normalized spacial score (nSPS) is 20.2. The summed E-state index contributed by atoms with van der Waals surface area (Å²) < 4.78 is 5.47. The number of aliphatic hydroxyl groups is 1. The standard InChI is InChI=1S/C24H25N5O2S2/c1-11-9-25-22(32-11)24(30,23-26-10-12(2)33-23)17-7-16(19-13(3)29-31-14(19)4)8-18-20(17)28-21(27-18)15-5-6-15/h7-10,15,22,25,30H,5-6H2,1-4H3,(H,27,28). The first kappa shape index (κ1) is 20.9. The molecule has 0 radical (unpaired) electrons. The molecule has 3 N–H and O–H groups in total. The zero-order chi connectivity index (χ0) is 22.9. The molecule has 4 aromatic rings. The molecule has 170 valence electrons. The highest BCUT2D eigenvalue weighted by atomic mass is 32.2. The molecule has 33 heavy (non-hydrogen) atoms. The Morgan fingerprint density at radius 1 is 1.18 bits per heavy atom. The van der Waals surface area contributed by atoms with Gasteiger partial charge in [-0.05, 0) is 63.1 Å². The molecule has 4 heterocycles. The van der Waals surface area contributed by atoms with Gasteiger partial charge >= 0.3 is 0 Å². The van der Waals surface area contributed by atoms with Gasteiger partial charge in [-0.25, -0.2) is 9.97 Å². The molecule has 1 aliphatic heterocycles. The van der Waals surface area contributed by atoms with Crippen LogP contribution in [0.3, 0.4) is 0 Å².